The zero-order chi connectivity index (χ0) is 12.6. The summed E-state index contributed by atoms with van der Waals surface area (Å²) in [7, 11) is 0. The molecule has 1 unspecified atom stereocenters. The summed E-state index contributed by atoms with van der Waals surface area (Å²) >= 11 is 0. The smallest absolute Gasteiger partial charge is 0.320 e. The first-order valence-corrected chi connectivity index (χ1v) is 4.90. The maximum Gasteiger partial charge on any atom is 0.320 e. The highest BCUT2D eigenvalue weighted by Gasteiger charge is 2.11. The fraction of sp³-hybridized carbons (Fsp3) is 0.667. The second-order valence-corrected chi connectivity index (χ2v) is 3.27. The van der Waals surface area contributed by atoms with E-state index in [0.29, 0.717) is 13.1 Å². The van der Waals surface area contributed by atoms with E-state index in [0.717, 1.165) is 0 Å². The number of hydrogen-bond donors (Lipinski definition) is 4. The maximum absolute atomic E-state index is 11.1. The first-order chi connectivity index (χ1) is 7.43. The van der Waals surface area contributed by atoms with Crippen LogP contribution in [0.3, 0.4) is 0 Å². The van der Waals surface area contributed by atoms with Crippen LogP contribution in [-0.2, 0) is 14.4 Å². The Labute approximate surface area is 93.6 Å². The summed E-state index contributed by atoms with van der Waals surface area (Å²) in [5, 5.41) is 16.1. The lowest BCUT2D eigenvalue weighted by molar-refractivity contribution is -0.139. The van der Waals surface area contributed by atoms with Crippen molar-refractivity contribution in [2.75, 3.05) is 19.6 Å². The molecule has 0 spiro atoms. The minimum atomic E-state index is -1.01. The third-order valence-corrected chi connectivity index (χ3v) is 1.76. The predicted octanol–water partition coefficient (Wildman–Crippen LogP) is -1.70. The van der Waals surface area contributed by atoms with Crippen LogP contribution < -0.4 is 16.0 Å². The zero-order valence-corrected chi connectivity index (χ0v) is 9.37. The van der Waals surface area contributed by atoms with Crippen molar-refractivity contribution in [3.05, 3.63) is 0 Å². The van der Waals surface area contributed by atoms with Gasteiger partial charge in [-0.2, -0.15) is 0 Å². The summed E-state index contributed by atoms with van der Waals surface area (Å²) in [5.41, 5.74) is 0. The number of carboxylic acids is 1. The molecular weight excluding hydrogens is 214 g/mol. The van der Waals surface area contributed by atoms with E-state index in [1.54, 1.807) is 0 Å². The molecule has 0 bridgehead atoms. The van der Waals surface area contributed by atoms with Gasteiger partial charge in [0.25, 0.3) is 0 Å². The standard InChI is InChI=1S/C9H17N3O4/c1-6(9(15)16)12-5-8(14)11-4-3-10-7(2)13/h6,12H,3-5H2,1-2H3,(H,10,13)(H,11,14)(H,15,16). The Balaban J connectivity index is 3.52. The van der Waals surface area contributed by atoms with Crippen LogP contribution in [0.25, 0.3) is 0 Å². The van der Waals surface area contributed by atoms with Crippen molar-refractivity contribution in [3.8, 4) is 0 Å². The molecule has 92 valence electrons. The van der Waals surface area contributed by atoms with Gasteiger partial charge in [0.15, 0.2) is 0 Å². The Kier molecular flexibility index (Phi) is 6.86. The van der Waals surface area contributed by atoms with Gasteiger partial charge in [-0.1, -0.05) is 0 Å². The van der Waals surface area contributed by atoms with Gasteiger partial charge in [0.1, 0.15) is 6.04 Å². The van der Waals surface area contributed by atoms with E-state index in [1.807, 2.05) is 0 Å². The van der Waals surface area contributed by atoms with Crippen LogP contribution in [-0.4, -0.2) is 48.6 Å². The number of aliphatic carboxylic acids is 1. The number of carbonyl (C=O) groups is 3. The average molecular weight is 231 g/mol. The number of carbonyl (C=O) groups excluding carboxylic acids is 2. The maximum atomic E-state index is 11.1. The molecule has 7 nitrogen and oxygen atoms in total. The summed E-state index contributed by atoms with van der Waals surface area (Å²) in [6, 6.07) is -0.763. The van der Waals surface area contributed by atoms with Crippen LogP contribution in [0.4, 0.5) is 0 Å². The van der Waals surface area contributed by atoms with Crippen LogP contribution in [0, 0.1) is 0 Å². The van der Waals surface area contributed by atoms with Gasteiger partial charge in [0, 0.05) is 20.0 Å². The fourth-order valence-corrected chi connectivity index (χ4v) is 0.836. The van der Waals surface area contributed by atoms with Crippen molar-refractivity contribution >= 4 is 17.8 Å². The molecule has 0 saturated heterocycles. The van der Waals surface area contributed by atoms with Crippen LogP contribution in [0.5, 0.6) is 0 Å². The molecule has 0 rings (SSSR count). The number of amides is 2. The van der Waals surface area contributed by atoms with Crippen molar-refractivity contribution in [1.29, 1.82) is 0 Å². The molecule has 4 N–H and O–H groups in total. The monoisotopic (exact) mass is 231 g/mol. The Bertz CT molecular complexity index is 267. The largest absolute Gasteiger partial charge is 0.480 e. The Morgan fingerprint density at radius 3 is 2.25 bits per heavy atom. The van der Waals surface area contributed by atoms with E-state index in [1.165, 1.54) is 13.8 Å². The first-order valence-electron chi connectivity index (χ1n) is 4.90. The van der Waals surface area contributed by atoms with Gasteiger partial charge in [-0.25, -0.2) is 0 Å². The second kappa shape index (κ2) is 7.63. The Morgan fingerprint density at radius 1 is 1.19 bits per heavy atom. The molecule has 2 amide bonds. The number of carboxylic acid groups (broad SMARTS) is 1. The average Bonchev–Trinajstić information content (AvgIpc) is 2.20. The van der Waals surface area contributed by atoms with Crippen LogP contribution in [0.15, 0.2) is 0 Å². The van der Waals surface area contributed by atoms with E-state index in [9.17, 15) is 14.4 Å². The molecule has 0 saturated carbocycles. The molecule has 0 heterocycles. The molecule has 0 aromatic carbocycles. The summed E-state index contributed by atoms with van der Waals surface area (Å²) < 4.78 is 0. The summed E-state index contributed by atoms with van der Waals surface area (Å²) in [5.74, 6) is -1.48. The van der Waals surface area contributed by atoms with Gasteiger partial charge < -0.3 is 15.7 Å². The van der Waals surface area contributed by atoms with E-state index in [-0.39, 0.29) is 18.4 Å². The molecule has 0 fully saturated rings. The number of rotatable bonds is 7. The SMILES string of the molecule is CC(=O)NCCNC(=O)CNC(C)C(=O)O. The normalized spacial score (nSPS) is 11.6. The van der Waals surface area contributed by atoms with Gasteiger partial charge in [0.2, 0.25) is 11.8 Å². The van der Waals surface area contributed by atoms with Crippen LogP contribution in [0.1, 0.15) is 13.8 Å². The van der Waals surface area contributed by atoms with Crippen molar-refractivity contribution in [2.45, 2.75) is 19.9 Å². The molecular formula is C9H17N3O4. The molecule has 1 atom stereocenters. The van der Waals surface area contributed by atoms with Crippen LogP contribution >= 0.6 is 0 Å². The van der Waals surface area contributed by atoms with Crippen molar-refractivity contribution in [2.24, 2.45) is 0 Å². The lowest BCUT2D eigenvalue weighted by Gasteiger charge is -2.09. The molecule has 0 aliphatic carbocycles. The minimum Gasteiger partial charge on any atom is -0.480 e. The van der Waals surface area contributed by atoms with E-state index < -0.39 is 12.0 Å². The summed E-state index contributed by atoms with van der Waals surface area (Å²) in [6.45, 7) is 3.45. The molecule has 7 heteroatoms. The van der Waals surface area contributed by atoms with Crippen molar-refractivity contribution < 1.29 is 19.5 Å². The van der Waals surface area contributed by atoms with E-state index in [2.05, 4.69) is 16.0 Å². The lowest BCUT2D eigenvalue weighted by atomic mass is 10.3. The second-order valence-electron chi connectivity index (χ2n) is 3.27. The quantitative estimate of drug-likeness (QED) is 0.391. The third-order valence-electron chi connectivity index (χ3n) is 1.76. The lowest BCUT2D eigenvalue weighted by Crippen LogP contribution is -2.43. The van der Waals surface area contributed by atoms with Crippen molar-refractivity contribution in [3.63, 3.8) is 0 Å². The first kappa shape index (κ1) is 14.4. The zero-order valence-electron chi connectivity index (χ0n) is 9.37. The highest BCUT2D eigenvalue weighted by molar-refractivity contribution is 5.79. The minimum absolute atomic E-state index is 0.0620. The summed E-state index contributed by atoms with van der Waals surface area (Å²) in [6.07, 6.45) is 0. The predicted molar refractivity (Wildman–Crippen MR) is 56.8 cm³/mol. The van der Waals surface area contributed by atoms with Gasteiger partial charge in [-0.15, -0.1) is 0 Å². The Hall–Kier alpha value is -1.63. The molecule has 0 radical (unpaired) electrons. The molecule has 0 aliphatic rings. The van der Waals surface area contributed by atoms with E-state index in [4.69, 9.17) is 5.11 Å². The fourth-order valence-electron chi connectivity index (χ4n) is 0.836. The van der Waals surface area contributed by atoms with Gasteiger partial charge in [-0.3, -0.25) is 19.7 Å². The molecule has 0 aliphatic heterocycles. The topological polar surface area (TPSA) is 108 Å². The molecule has 16 heavy (non-hydrogen) atoms. The van der Waals surface area contributed by atoms with Crippen molar-refractivity contribution in [1.82, 2.24) is 16.0 Å². The number of hydrogen-bond acceptors (Lipinski definition) is 4. The highest BCUT2D eigenvalue weighted by Crippen LogP contribution is 1.79. The van der Waals surface area contributed by atoms with Gasteiger partial charge in [-0.05, 0) is 6.92 Å². The van der Waals surface area contributed by atoms with Gasteiger partial charge >= 0.3 is 5.97 Å². The Morgan fingerprint density at radius 2 is 1.75 bits per heavy atom. The highest BCUT2D eigenvalue weighted by atomic mass is 16.4. The van der Waals surface area contributed by atoms with Gasteiger partial charge in [0.05, 0.1) is 6.54 Å². The van der Waals surface area contributed by atoms with E-state index >= 15 is 0 Å². The van der Waals surface area contributed by atoms with Crippen LogP contribution in [0.2, 0.25) is 0 Å². The molecule has 0 aromatic rings. The third kappa shape index (κ3) is 7.74. The molecule has 0 aromatic heterocycles. The number of nitrogens with one attached hydrogen (secondary N) is 3. The summed E-state index contributed by atoms with van der Waals surface area (Å²) in [4.78, 5) is 32.0.